The molecule has 12 aromatic carbocycles. The summed E-state index contributed by atoms with van der Waals surface area (Å²) in [6, 6.07) is 103. The molecule has 0 amide bonds. The summed E-state index contributed by atoms with van der Waals surface area (Å²) in [4.78, 5) is 4.92. The molecule has 12 aromatic rings. The number of anilines is 6. The second-order valence-electron chi connectivity index (χ2n) is 18.8. The third kappa shape index (κ3) is 6.49. The van der Waals surface area contributed by atoms with Crippen LogP contribution >= 0.6 is 0 Å². The Bertz CT molecular complexity index is 3980. The molecule has 71 heavy (non-hydrogen) atoms. The predicted molar refractivity (Wildman–Crippen MR) is 298 cm³/mol. The number of fused-ring (bicyclic) bond motifs is 12. The van der Waals surface area contributed by atoms with E-state index in [1.807, 2.05) is 0 Å². The quantitative estimate of drug-likeness (QED) is 0.150. The van der Waals surface area contributed by atoms with Gasteiger partial charge >= 0.3 is 0 Å². The number of hydrogen-bond acceptors (Lipinski definition) is 2. The number of nitrogens with zero attached hydrogens (tertiary/aromatic N) is 2. The van der Waals surface area contributed by atoms with Crippen molar-refractivity contribution in [1.82, 2.24) is 0 Å². The fraction of sp³-hybridized carbons (Fsp3) is 0.0145. The molecule has 1 atom stereocenters. The van der Waals surface area contributed by atoms with Gasteiger partial charge in [-0.25, -0.2) is 0 Å². The van der Waals surface area contributed by atoms with Gasteiger partial charge in [-0.3, -0.25) is 0 Å². The number of benzene rings is 12. The van der Waals surface area contributed by atoms with Crippen molar-refractivity contribution in [2.75, 3.05) is 9.80 Å². The van der Waals surface area contributed by atoms with Crippen LogP contribution in [0.1, 0.15) is 22.3 Å². The molecule has 2 aliphatic carbocycles. The SMILES string of the molecule is c1ccc(-c2ccc(N(c3ccc4c(c3)C3(c5ccccc5-4)c4ccccc4-c4ccc(N(c5ccccc5)c5cc6ccccc6cc5-c5ccccc5)cc43)c3ccc4ccccc4c3)cc2)cc1. The molecule has 14 rings (SSSR count). The van der Waals surface area contributed by atoms with E-state index in [-0.39, 0.29) is 0 Å². The Balaban J connectivity index is 1.01. The van der Waals surface area contributed by atoms with Gasteiger partial charge in [-0.2, -0.15) is 0 Å². The molecule has 1 unspecified atom stereocenters. The first-order valence-electron chi connectivity index (χ1n) is 24.6. The topological polar surface area (TPSA) is 6.48 Å². The second-order valence-corrected chi connectivity index (χ2v) is 18.8. The lowest BCUT2D eigenvalue weighted by Crippen LogP contribution is -2.26. The van der Waals surface area contributed by atoms with E-state index in [0.717, 1.165) is 34.1 Å². The predicted octanol–water partition coefficient (Wildman–Crippen LogP) is 18.6. The van der Waals surface area contributed by atoms with Gasteiger partial charge in [0.15, 0.2) is 0 Å². The standard InChI is InChI=1S/C69H46N2/c1-4-18-47(19-5-1)49-32-35-55(36-33-49)70(56-37-34-48-20-10-11-23-51(48)42-56)57-38-40-61-59-28-14-16-30-64(59)69(66(61)45-57)65-31-17-15-29-60(65)62-41-39-58(46-67(62)69)71(54-26-8-3-9-27-54)68-44-53-25-13-12-24-52(53)43-63(68)50-21-6-2-7-22-50/h1-46H. The number of para-hydroxylation sites is 1. The summed E-state index contributed by atoms with van der Waals surface area (Å²) in [5.41, 5.74) is 21.0. The molecule has 0 radical (unpaired) electrons. The Labute approximate surface area is 414 Å². The van der Waals surface area contributed by atoms with E-state index in [1.165, 1.54) is 88.3 Å². The highest BCUT2D eigenvalue weighted by Gasteiger charge is 2.52. The van der Waals surface area contributed by atoms with Gasteiger partial charge in [-0.1, -0.05) is 206 Å². The van der Waals surface area contributed by atoms with E-state index in [0.29, 0.717) is 0 Å². The largest absolute Gasteiger partial charge is 0.310 e. The fourth-order valence-corrected chi connectivity index (χ4v) is 11.9. The maximum atomic E-state index is 2.51. The first-order chi connectivity index (χ1) is 35.2. The molecule has 2 nitrogen and oxygen atoms in total. The lowest BCUT2D eigenvalue weighted by molar-refractivity contribution is 0.793. The van der Waals surface area contributed by atoms with E-state index in [1.54, 1.807) is 0 Å². The van der Waals surface area contributed by atoms with Gasteiger partial charge in [0.2, 0.25) is 0 Å². The summed E-state index contributed by atoms with van der Waals surface area (Å²) in [5.74, 6) is 0. The molecule has 2 aliphatic rings. The molecule has 332 valence electrons. The average molecular weight is 903 g/mol. The van der Waals surface area contributed by atoms with Crippen molar-refractivity contribution in [1.29, 1.82) is 0 Å². The minimum Gasteiger partial charge on any atom is -0.310 e. The fourth-order valence-electron chi connectivity index (χ4n) is 11.9. The third-order valence-electron chi connectivity index (χ3n) is 15.0. The number of rotatable bonds is 8. The Kier molecular flexibility index (Phi) is 9.47. The summed E-state index contributed by atoms with van der Waals surface area (Å²) in [5, 5.41) is 4.84. The van der Waals surface area contributed by atoms with Crippen LogP contribution in [0.15, 0.2) is 279 Å². The molecule has 1 spiro atoms. The molecule has 0 aliphatic heterocycles. The van der Waals surface area contributed by atoms with Gasteiger partial charge in [-0.15, -0.1) is 0 Å². The summed E-state index contributed by atoms with van der Waals surface area (Å²) in [6.45, 7) is 0. The van der Waals surface area contributed by atoms with Gasteiger partial charge in [0.05, 0.1) is 11.1 Å². The first-order valence-corrected chi connectivity index (χ1v) is 24.6. The van der Waals surface area contributed by atoms with Crippen LogP contribution < -0.4 is 9.80 Å². The normalized spacial score (nSPS) is 14.0. The lowest BCUT2D eigenvalue weighted by atomic mass is 9.70. The van der Waals surface area contributed by atoms with E-state index in [9.17, 15) is 0 Å². The van der Waals surface area contributed by atoms with Gasteiger partial charge in [0.25, 0.3) is 0 Å². The van der Waals surface area contributed by atoms with Crippen LogP contribution in [0.4, 0.5) is 34.1 Å². The Morgan fingerprint density at radius 1 is 0.211 bits per heavy atom. The van der Waals surface area contributed by atoms with Crippen molar-refractivity contribution in [3.8, 4) is 44.5 Å². The average Bonchev–Trinajstić information content (AvgIpc) is 3.91. The van der Waals surface area contributed by atoms with Crippen LogP contribution in [-0.2, 0) is 5.41 Å². The minimum absolute atomic E-state index is 0.607. The number of hydrogen-bond donors (Lipinski definition) is 0. The maximum absolute atomic E-state index is 2.51. The zero-order chi connectivity index (χ0) is 46.9. The van der Waals surface area contributed by atoms with Gasteiger partial charge in [0, 0.05) is 34.0 Å². The Morgan fingerprint density at radius 2 is 0.620 bits per heavy atom. The van der Waals surface area contributed by atoms with E-state index in [2.05, 4.69) is 289 Å². The molecular weight excluding hydrogens is 857 g/mol. The molecule has 2 heteroatoms. The van der Waals surface area contributed by atoms with Crippen molar-refractivity contribution < 1.29 is 0 Å². The Hall–Kier alpha value is -9.24. The van der Waals surface area contributed by atoms with E-state index >= 15 is 0 Å². The van der Waals surface area contributed by atoms with Crippen LogP contribution in [0.3, 0.4) is 0 Å². The van der Waals surface area contributed by atoms with Gasteiger partial charge < -0.3 is 9.80 Å². The molecule has 0 saturated carbocycles. The van der Waals surface area contributed by atoms with Gasteiger partial charge in [0.1, 0.15) is 0 Å². The monoisotopic (exact) mass is 902 g/mol. The van der Waals surface area contributed by atoms with Crippen LogP contribution in [-0.4, -0.2) is 0 Å². The maximum Gasteiger partial charge on any atom is 0.0727 e. The minimum atomic E-state index is -0.607. The van der Waals surface area contributed by atoms with Crippen LogP contribution in [0.2, 0.25) is 0 Å². The van der Waals surface area contributed by atoms with Gasteiger partial charge in [-0.05, 0) is 156 Å². The first kappa shape index (κ1) is 40.8. The summed E-state index contributed by atoms with van der Waals surface area (Å²) in [7, 11) is 0. The van der Waals surface area contributed by atoms with Crippen molar-refractivity contribution in [2.24, 2.45) is 0 Å². The van der Waals surface area contributed by atoms with E-state index < -0.39 is 5.41 Å². The molecule has 0 fully saturated rings. The highest BCUT2D eigenvalue weighted by molar-refractivity contribution is 6.01. The Morgan fingerprint density at radius 3 is 1.24 bits per heavy atom. The smallest absolute Gasteiger partial charge is 0.0727 e. The molecule has 0 aromatic heterocycles. The molecule has 0 N–H and O–H groups in total. The molecule has 0 saturated heterocycles. The summed E-state index contributed by atoms with van der Waals surface area (Å²) >= 11 is 0. The van der Waals surface area contributed by atoms with Crippen molar-refractivity contribution in [2.45, 2.75) is 5.41 Å². The lowest BCUT2D eigenvalue weighted by Gasteiger charge is -2.34. The van der Waals surface area contributed by atoms with Crippen molar-refractivity contribution >= 4 is 55.7 Å². The van der Waals surface area contributed by atoms with Crippen molar-refractivity contribution in [3.63, 3.8) is 0 Å². The summed E-state index contributed by atoms with van der Waals surface area (Å²) in [6.07, 6.45) is 0. The van der Waals surface area contributed by atoms with E-state index in [4.69, 9.17) is 0 Å². The zero-order valence-electron chi connectivity index (χ0n) is 39.0. The summed E-state index contributed by atoms with van der Waals surface area (Å²) < 4.78 is 0. The zero-order valence-corrected chi connectivity index (χ0v) is 39.0. The van der Waals surface area contributed by atoms with Crippen molar-refractivity contribution in [3.05, 3.63) is 301 Å². The second kappa shape index (κ2) is 16.5. The molecular formula is C69H46N2. The molecule has 0 heterocycles. The highest BCUT2D eigenvalue weighted by atomic mass is 15.1. The van der Waals surface area contributed by atoms with Crippen LogP contribution in [0, 0.1) is 0 Å². The molecule has 0 bridgehead atoms. The third-order valence-corrected chi connectivity index (χ3v) is 15.0. The van der Waals surface area contributed by atoms with Crippen LogP contribution in [0.5, 0.6) is 0 Å². The van der Waals surface area contributed by atoms with Crippen LogP contribution in [0.25, 0.3) is 66.1 Å². The highest BCUT2D eigenvalue weighted by Crippen LogP contribution is 2.64.